The Bertz CT molecular complexity index is 1290. The first-order valence-corrected chi connectivity index (χ1v) is 14.5. The maximum absolute atomic E-state index is 12.5. The summed E-state index contributed by atoms with van der Waals surface area (Å²) in [5.74, 6) is 0.685. The average molecular weight is 542 g/mol. The van der Waals surface area contributed by atoms with Crippen LogP contribution in [0.15, 0.2) is 65.9 Å². The average Bonchev–Trinajstić information content (AvgIpc) is 3.46. The summed E-state index contributed by atoms with van der Waals surface area (Å²) in [6, 6.07) is 12.8. The van der Waals surface area contributed by atoms with E-state index in [0.29, 0.717) is 18.7 Å². The molecule has 1 atom stereocenters. The van der Waals surface area contributed by atoms with Gasteiger partial charge in [-0.2, -0.15) is 0 Å². The molecule has 2 aromatic rings. The van der Waals surface area contributed by atoms with Gasteiger partial charge in [-0.25, -0.2) is 4.98 Å². The van der Waals surface area contributed by atoms with Crippen LogP contribution < -0.4 is 11.1 Å². The topological polar surface area (TPSA) is 112 Å². The number of carbonyl (C=O) groups is 2. The summed E-state index contributed by atoms with van der Waals surface area (Å²) in [7, 11) is 0. The molecule has 1 aliphatic carbocycles. The standard InChI is InChI=1S/C17H27N.C16H16N4O2/c1-3-12-18-13-10-17(11-14-18)9-8-16-6-4-15(2)5-7-16;1-2-9-7-16(8-10(9)6-12(17)13(18)21)11-4-3-5-19-14(11)20-15(16)22/h4-7,17H,3,8-14H2,1-2H3;2-6,17H,7-8H2,1H3,(H2,18,21)(H,19,20,22)/b;9-2-,10-6-,17-12?. The molecular formula is C33H43N5O2. The minimum atomic E-state index is -0.776. The van der Waals surface area contributed by atoms with Crippen LogP contribution in [0.1, 0.15) is 69.1 Å². The number of rotatable bonds is 7. The van der Waals surface area contributed by atoms with E-state index in [0.717, 1.165) is 22.6 Å². The van der Waals surface area contributed by atoms with E-state index in [1.807, 2.05) is 25.1 Å². The first-order valence-electron chi connectivity index (χ1n) is 14.5. The van der Waals surface area contributed by atoms with Crippen LogP contribution in [-0.2, 0) is 21.4 Å². The van der Waals surface area contributed by atoms with E-state index in [-0.39, 0.29) is 11.6 Å². The summed E-state index contributed by atoms with van der Waals surface area (Å²) < 4.78 is 0. The number of hydrogen-bond donors (Lipinski definition) is 3. The zero-order valence-electron chi connectivity index (χ0n) is 24.1. The Balaban J connectivity index is 0.000000189. The predicted molar refractivity (Wildman–Crippen MR) is 161 cm³/mol. The zero-order valence-corrected chi connectivity index (χ0v) is 24.1. The van der Waals surface area contributed by atoms with Gasteiger partial charge in [0.2, 0.25) is 5.91 Å². The van der Waals surface area contributed by atoms with E-state index in [1.165, 1.54) is 68.9 Å². The van der Waals surface area contributed by atoms with E-state index in [9.17, 15) is 9.59 Å². The molecule has 1 unspecified atom stereocenters. The van der Waals surface area contributed by atoms with Gasteiger partial charge < -0.3 is 16.0 Å². The molecule has 7 heteroatoms. The van der Waals surface area contributed by atoms with E-state index >= 15 is 0 Å². The quantitative estimate of drug-likeness (QED) is 0.402. The summed E-state index contributed by atoms with van der Waals surface area (Å²) in [5.41, 5.74) is 9.69. The van der Waals surface area contributed by atoms with Crippen LogP contribution in [0, 0.1) is 18.3 Å². The van der Waals surface area contributed by atoms with Crippen LogP contribution in [0.2, 0.25) is 0 Å². The molecule has 2 amide bonds. The number of amides is 2. The van der Waals surface area contributed by atoms with Gasteiger partial charge in [0.25, 0.3) is 5.91 Å². The Labute approximate surface area is 238 Å². The molecule has 1 spiro atoms. The van der Waals surface area contributed by atoms with Crippen molar-refractivity contribution >= 4 is 23.3 Å². The highest BCUT2D eigenvalue weighted by Gasteiger charge is 2.52. The third kappa shape index (κ3) is 6.76. The molecule has 0 bridgehead atoms. The van der Waals surface area contributed by atoms with E-state index < -0.39 is 11.3 Å². The van der Waals surface area contributed by atoms with Gasteiger partial charge in [-0.3, -0.25) is 15.0 Å². The van der Waals surface area contributed by atoms with Crippen LogP contribution >= 0.6 is 0 Å². The summed E-state index contributed by atoms with van der Waals surface area (Å²) in [6.07, 6.45) is 12.8. The van der Waals surface area contributed by atoms with Crippen LogP contribution in [-0.4, -0.2) is 47.0 Å². The van der Waals surface area contributed by atoms with Crippen molar-refractivity contribution in [1.29, 1.82) is 5.41 Å². The first-order chi connectivity index (χ1) is 19.3. The third-order valence-electron chi connectivity index (χ3n) is 8.53. The molecule has 2 fully saturated rings. The number of likely N-dealkylation sites (tertiary alicyclic amines) is 1. The van der Waals surface area contributed by atoms with Crippen molar-refractivity contribution in [2.75, 3.05) is 25.0 Å². The second-order valence-electron chi connectivity index (χ2n) is 11.4. The molecule has 1 saturated heterocycles. The molecule has 1 aromatic heterocycles. The Morgan fingerprint density at radius 2 is 1.88 bits per heavy atom. The Morgan fingerprint density at radius 3 is 2.52 bits per heavy atom. The highest BCUT2D eigenvalue weighted by Crippen LogP contribution is 2.52. The molecule has 3 heterocycles. The fourth-order valence-electron chi connectivity index (χ4n) is 6.15. The molecule has 40 heavy (non-hydrogen) atoms. The Morgan fingerprint density at radius 1 is 1.18 bits per heavy atom. The van der Waals surface area contributed by atoms with Crippen LogP contribution in [0.25, 0.3) is 0 Å². The number of primary amides is 1. The molecule has 212 valence electrons. The summed E-state index contributed by atoms with van der Waals surface area (Å²) >= 11 is 0. The lowest BCUT2D eigenvalue weighted by Crippen LogP contribution is -2.34. The lowest BCUT2D eigenvalue weighted by atomic mass is 9.80. The number of allylic oxidation sites excluding steroid dienone is 3. The number of nitrogens with two attached hydrogens (primary N) is 1. The van der Waals surface area contributed by atoms with Crippen molar-refractivity contribution < 1.29 is 9.59 Å². The van der Waals surface area contributed by atoms with E-state index in [2.05, 4.69) is 53.3 Å². The van der Waals surface area contributed by atoms with Gasteiger partial charge in [0.1, 0.15) is 11.5 Å². The van der Waals surface area contributed by atoms with E-state index in [1.54, 1.807) is 6.20 Å². The Kier molecular flexibility index (Phi) is 9.69. The van der Waals surface area contributed by atoms with Crippen molar-refractivity contribution in [1.82, 2.24) is 9.88 Å². The number of hydrogen-bond acceptors (Lipinski definition) is 5. The highest BCUT2D eigenvalue weighted by molar-refractivity contribution is 6.41. The number of aryl methyl sites for hydroxylation is 2. The van der Waals surface area contributed by atoms with Crippen LogP contribution in [0.3, 0.4) is 0 Å². The molecule has 1 aromatic carbocycles. The van der Waals surface area contributed by atoms with Crippen molar-refractivity contribution in [3.63, 3.8) is 0 Å². The fourth-order valence-corrected chi connectivity index (χ4v) is 6.15. The molecule has 3 aliphatic rings. The molecule has 5 rings (SSSR count). The summed E-state index contributed by atoms with van der Waals surface area (Å²) in [5, 5.41) is 10.5. The largest absolute Gasteiger partial charge is 0.364 e. The second-order valence-corrected chi connectivity index (χ2v) is 11.4. The maximum atomic E-state index is 12.5. The van der Waals surface area contributed by atoms with Gasteiger partial charge in [0.05, 0.1) is 5.41 Å². The molecular weight excluding hydrogens is 498 g/mol. The predicted octanol–water partition coefficient (Wildman–Crippen LogP) is 5.49. The van der Waals surface area contributed by atoms with Gasteiger partial charge in [0, 0.05) is 11.8 Å². The van der Waals surface area contributed by atoms with Crippen LogP contribution in [0.5, 0.6) is 0 Å². The maximum Gasteiger partial charge on any atom is 0.266 e. The van der Waals surface area contributed by atoms with Gasteiger partial charge in [-0.05, 0) is 113 Å². The molecule has 0 radical (unpaired) electrons. The van der Waals surface area contributed by atoms with Gasteiger partial charge >= 0.3 is 0 Å². The highest BCUT2D eigenvalue weighted by atomic mass is 16.2. The van der Waals surface area contributed by atoms with Crippen molar-refractivity contribution in [2.45, 2.75) is 71.1 Å². The molecule has 4 N–H and O–H groups in total. The number of piperidine rings is 1. The number of aromatic nitrogens is 1. The van der Waals surface area contributed by atoms with Crippen molar-refractivity contribution in [3.8, 4) is 0 Å². The summed E-state index contributed by atoms with van der Waals surface area (Å²) in [4.78, 5) is 30.5. The lowest BCUT2D eigenvalue weighted by molar-refractivity contribution is -0.120. The summed E-state index contributed by atoms with van der Waals surface area (Å²) in [6.45, 7) is 10.3. The lowest BCUT2D eigenvalue weighted by Gasteiger charge is -2.31. The molecule has 1 saturated carbocycles. The van der Waals surface area contributed by atoms with Crippen molar-refractivity contribution in [2.24, 2.45) is 11.7 Å². The number of carbonyl (C=O) groups excluding carboxylic acids is 2. The number of nitrogens with one attached hydrogen (secondary N) is 2. The van der Waals surface area contributed by atoms with Crippen molar-refractivity contribution in [3.05, 3.63) is 82.6 Å². The fraction of sp³-hybridized carbons (Fsp3) is 0.455. The van der Waals surface area contributed by atoms with Crippen LogP contribution in [0.4, 0.5) is 5.82 Å². The number of anilines is 1. The molecule has 2 aliphatic heterocycles. The second kappa shape index (κ2) is 13.2. The molecule has 7 nitrogen and oxygen atoms in total. The number of pyridine rings is 1. The number of benzene rings is 1. The normalized spacial score (nSPS) is 22.7. The first kappa shape index (κ1) is 29.4. The Hall–Kier alpha value is -3.58. The zero-order chi connectivity index (χ0) is 28.7. The number of fused-ring (bicyclic) bond motifs is 2. The minimum Gasteiger partial charge on any atom is -0.364 e. The van der Waals surface area contributed by atoms with Gasteiger partial charge in [-0.1, -0.05) is 48.9 Å². The monoisotopic (exact) mass is 541 g/mol. The minimum absolute atomic E-state index is 0.0884. The van der Waals surface area contributed by atoms with E-state index in [4.69, 9.17) is 11.1 Å². The smallest absolute Gasteiger partial charge is 0.266 e. The van der Waals surface area contributed by atoms with Gasteiger partial charge in [0.15, 0.2) is 0 Å². The number of nitrogens with zero attached hydrogens (tertiary/aromatic N) is 2. The van der Waals surface area contributed by atoms with Gasteiger partial charge in [-0.15, -0.1) is 0 Å². The SMILES string of the molecule is C/C=C1/CC2(C/C1=C/C(=N)C(N)=O)C(=O)Nc1ncccc12.CCCN1CCC(CCc2ccc(C)cc2)CC1. The third-order valence-corrected chi connectivity index (χ3v) is 8.53.